The third kappa shape index (κ3) is 8.30. The molecule has 1 heterocycles. The van der Waals surface area contributed by atoms with Crippen molar-refractivity contribution in [3.63, 3.8) is 0 Å². The van der Waals surface area contributed by atoms with E-state index in [1.54, 1.807) is 0 Å². The van der Waals surface area contributed by atoms with Crippen molar-refractivity contribution in [2.75, 3.05) is 0 Å². The molecule has 0 aromatic carbocycles. The van der Waals surface area contributed by atoms with E-state index < -0.39 is 9.76 Å². The van der Waals surface area contributed by atoms with Gasteiger partial charge in [0.25, 0.3) is 3.79 Å². The van der Waals surface area contributed by atoms with E-state index in [-0.39, 0.29) is 0 Å². The third-order valence-corrected chi connectivity index (χ3v) is 2.27. The van der Waals surface area contributed by atoms with Crippen LogP contribution in [0.1, 0.15) is 31.3 Å². The van der Waals surface area contributed by atoms with Gasteiger partial charge in [0.1, 0.15) is 5.82 Å². The summed E-state index contributed by atoms with van der Waals surface area (Å²) in [6.45, 7) is 4.18. The number of nitrogens with one attached hydrogen (secondary N) is 1. The fourth-order valence-corrected chi connectivity index (χ4v) is 0.954. The Morgan fingerprint density at radius 2 is 2.06 bits per heavy atom. The first-order chi connectivity index (χ1) is 7.77. The van der Waals surface area contributed by atoms with E-state index in [9.17, 15) is 4.79 Å². The van der Waals surface area contributed by atoms with Gasteiger partial charge in [-0.05, 0) is 19.8 Å². The van der Waals surface area contributed by atoms with Gasteiger partial charge >= 0.3 is 5.97 Å². The zero-order valence-electron chi connectivity index (χ0n) is 9.64. The van der Waals surface area contributed by atoms with Crippen molar-refractivity contribution < 1.29 is 9.90 Å². The van der Waals surface area contributed by atoms with Crippen molar-refractivity contribution in [1.82, 2.24) is 9.97 Å². The molecule has 0 unspecified atom stereocenters. The maximum Gasteiger partial charge on any atom is 0.356 e. The Hall–Kier alpha value is -0.450. The molecule has 0 aliphatic rings. The molecule has 0 saturated carbocycles. The molecule has 0 atom stereocenters. The molecular weight excluding hydrogens is 286 g/mol. The van der Waals surface area contributed by atoms with E-state index in [1.807, 2.05) is 13.1 Å². The summed E-state index contributed by atoms with van der Waals surface area (Å²) < 4.78 is -2.17. The van der Waals surface area contributed by atoms with Gasteiger partial charge in [-0.1, -0.05) is 48.1 Å². The SMILES string of the molecule is CCCCc1c[nH]c(C)n1.O=C(O)C(Cl)(Cl)Cl. The molecule has 1 aromatic rings. The number of carbonyl (C=O) groups is 1. The molecule has 7 heteroatoms. The molecular formula is C10H15Cl3N2O2. The van der Waals surface area contributed by atoms with E-state index in [1.165, 1.54) is 18.5 Å². The van der Waals surface area contributed by atoms with Crippen LogP contribution in [0.3, 0.4) is 0 Å². The van der Waals surface area contributed by atoms with Crippen molar-refractivity contribution >= 4 is 40.8 Å². The topological polar surface area (TPSA) is 66.0 Å². The van der Waals surface area contributed by atoms with Crippen molar-refractivity contribution in [1.29, 1.82) is 0 Å². The molecule has 0 radical (unpaired) electrons. The lowest BCUT2D eigenvalue weighted by Gasteiger charge is -1.99. The predicted octanol–water partition coefficient (Wildman–Crippen LogP) is 3.50. The Bertz CT molecular complexity index is 348. The average molecular weight is 302 g/mol. The highest BCUT2D eigenvalue weighted by Gasteiger charge is 2.29. The second-order valence-corrected chi connectivity index (χ2v) is 5.66. The second-order valence-electron chi connectivity index (χ2n) is 3.38. The Kier molecular flexibility index (Phi) is 7.59. The summed E-state index contributed by atoms with van der Waals surface area (Å²) in [4.78, 5) is 17.0. The zero-order valence-corrected chi connectivity index (χ0v) is 11.9. The molecule has 98 valence electrons. The molecule has 1 aromatic heterocycles. The standard InChI is InChI=1S/C8H14N2.C2HCl3O2/c1-3-4-5-8-6-9-7(2)10-8;3-2(4,5)1(6)7/h6H,3-5H2,1-2H3,(H,9,10);(H,6,7). The van der Waals surface area contributed by atoms with Crippen LogP contribution in [0.2, 0.25) is 0 Å². The van der Waals surface area contributed by atoms with Crippen LogP contribution in [0.25, 0.3) is 0 Å². The van der Waals surface area contributed by atoms with E-state index in [4.69, 9.17) is 39.9 Å². The summed E-state index contributed by atoms with van der Waals surface area (Å²) in [6, 6.07) is 0. The Labute approximate surface area is 115 Å². The minimum absolute atomic E-state index is 1.02. The summed E-state index contributed by atoms with van der Waals surface area (Å²) in [5, 5.41) is 7.85. The monoisotopic (exact) mass is 300 g/mol. The number of aromatic amines is 1. The number of aliphatic carboxylic acids is 1. The van der Waals surface area contributed by atoms with E-state index in [0.717, 1.165) is 12.2 Å². The number of unbranched alkanes of at least 4 members (excludes halogenated alkanes) is 1. The van der Waals surface area contributed by atoms with Gasteiger partial charge in [0.05, 0.1) is 5.69 Å². The van der Waals surface area contributed by atoms with Gasteiger partial charge in [0.2, 0.25) is 0 Å². The molecule has 0 amide bonds. The van der Waals surface area contributed by atoms with Crippen molar-refractivity contribution in [3.05, 3.63) is 17.7 Å². The first-order valence-corrected chi connectivity index (χ1v) is 6.21. The van der Waals surface area contributed by atoms with Gasteiger partial charge < -0.3 is 10.1 Å². The predicted molar refractivity (Wildman–Crippen MR) is 69.9 cm³/mol. The Morgan fingerprint density at radius 1 is 1.53 bits per heavy atom. The largest absolute Gasteiger partial charge is 0.478 e. The molecule has 4 nitrogen and oxygen atoms in total. The van der Waals surface area contributed by atoms with Crippen LogP contribution in [0, 0.1) is 6.92 Å². The van der Waals surface area contributed by atoms with Gasteiger partial charge in [-0.3, -0.25) is 0 Å². The smallest absolute Gasteiger partial charge is 0.356 e. The summed E-state index contributed by atoms with van der Waals surface area (Å²) in [5.41, 5.74) is 1.19. The lowest BCUT2D eigenvalue weighted by atomic mass is 10.2. The van der Waals surface area contributed by atoms with Gasteiger partial charge in [-0.25, -0.2) is 9.78 Å². The Morgan fingerprint density at radius 3 is 2.35 bits per heavy atom. The van der Waals surface area contributed by atoms with Crippen LogP contribution >= 0.6 is 34.8 Å². The van der Waals surface area contributed by atoms with Crippen molar-refractivity contribution in [2.45, 2.75) is 36.9 Å². The van der Waals surface area contributed by atoms with E-state index >= 15 is 0 Å². The number of hydrogen-bond donors (Lipinski definition) is 2. The molecule has 0 aliphatic heterocycles. The van der Waals surface area contributed by atoms with Crippen LogP contribution in [-0.4, -0.2) is 24.8 Å². The maximum absolute atomic E-state index is 9.62. The summed E-state index contributed by atoms with van der Waals surface area (Å²) in [7, 11) is 0. The third-order valence-electron chi connectivity index (χ3n) is 1.79. The normalized spacial score (nSPS) is 10.6. The van der Waals surface area contributed by atoms with Crippen LogP contribution < -0.4 is 0 Å². The molecule has 0 spiro atoms. The minimum Gasteiger partial charge on any atom is -0.478 e. The number of aryl methyl sites for hydroxylation is 2. The quantitative estimate of drug-likeness (QED) is 0.840. The lowest BCUT2D eigenvalue weighted by Crippen LogP contribution is -2.16. The lowest BCUT2D eigenvalue weighted by molar-refractivity contribution is -0.135. The van der Waals surface area contributed by atoms with Crippen LogP contribution in [0.15, 0.2) is 6.20 Å². The highest BCUT2D eigenvalue weighted by atomic mass is 35.6. The first kappa shape index (κ1) is 16.6. The van der Waals surface area contributed by atoms with Gasteiger partial charge in [-0.15, -0.1) is 0 Å². The van der Waals surface area contributed by atoms with Crippen LogP contribution in [-0.2, 0) is 11.2 Å². The number of H-pyrrole nitrogens is 1. The number of carboxylic acids is 1. The van der Waals surface area contributed by atoms with Gasteiger partial charge in [0.15, 0.2) is 0 Å². The molecule has 1 rings (SSSR count). The summed E-state index contributed by atoms with van der Waals surface area (Å²) in [5.74, 6) is -0.441. The number of hydrogen-bond acceptors (Lipinski definition) is 2. The average Bonchev–Trinajstić information content (AvgIpc) is 2.60. The molecule has 0 bridgehead atoms. The van der Waals surface area contributed by atoms with Crippen molar-refractivity contribution in [3.8, 4) is 0 Å². The minimum atomic E-state index is -2.17. The number of alkyl halides is 3. The molecule has 0 aliphatic carbocycles. The Balaban J connectivity index is 0.000000325. The summed E-state index contributed by atoms with van der Waals surface area (Å²) >= 11 is 14.4. The molecule has 2 N–H and O–H groups in total. The molecule has 0 saturated heterocycles. The van der Waals surface area contributed by atoms with Gasteiger partial charge in [0, 0.05) is 6.20 Å². The van der Waals surface area contributed by atoms with Gasteiger partial charge in [-0.2, -0.15) is 0 Å². The second kappa shape index (κ2) is 7.80. The van der Waals surface area contributed by atoms with E-state index in [0.29, 0.717) is 0 Å². The van der Waals surface area contributed by atoms with Crippen LogP contribution in [0.4, 0.5) is 0 Å². The first-order valence-electron chi connectivity index (χ1n) is 5.08. The number of aromatic nitrogens is 2. The number of nitrogens with zero attached hydrogens (tertiary/aromatic N) is 1. The number of carboxylic acid groups (broad SMARTS) is 1. The molecule has 17 heavy (non-hydrogen) atoms. The van der Waals surface area contributed by atoms with Crippen LogP contribution in [0.5, 0.6) is 0 Å². The fraction of sp³-hybridized carbons (Fsp3) is 0.600. The number of rotatable bonds is 3. The van der Waals surface area contributed by atoms with E-state index in [2.05, 4.69) is 16.9 Å². The summed E-state index contributed by atoms with van der Waals surface area (Å²) in [6.07, 6.45) is 5.59. The number of imidazole rings is 1. The highest BCUT2D eigenvalue weighted by Crippen LogP contribution is 2.25. The van der Waals surface area contributed by atoms with Crippen molar-refractivity contribution in [2.24, 2.45) is 0 Å². The fourth-order valence-electron chi connectivity index (χ4n) is 0.954. The molecule has 0 fully saturated rings. The zero-order chi connectivity index (χ0) is 13.5. The maximum atomic E-state index is 9.62. The number of halogens is 3. The highest BCUT2D eigenvalue weighted by molar-refractivity contribution is 6.75.